The highest BCUT2D eigenvalue weighted by Crippen LogP contribution is 2.20. The molecule has 130 valence electrons. The van der Waals surface area contributed by atoms with Crippen LogP contribution in [0.4, 0.5) is 0 Å². The number of hydrogen-bond donors (Lipinski definition) is 0. The van der Waals surface area contributed by atoms with Crippen LogP contribution in [-0.4, -0.2) is 11.9 Å². The molecule has 25 heavy (non-hydrogen) atoms. The summed E-state index contributed by atoms with van der Waals surface area (Å²) in [6, 6.07) is 24.4. The minimum absolute atomic E-state index is 0.972. The lowest BCUT2D eigenvalue weighted by Gasteiger charge is -2.18. The third-order valence-corrected chi connectivity index (χ3v) is 4.86. The maximum atomic E-state index is 2.40. The van der Waals surface area contributed by atoms with E-state index in [0.29, 0.717) is 0 Å². The fraction of sp³-hybridized carbons (Fsp3) is 0.333. The highest BCUT2D eigenvalue weighted by atomic mass is 15.1. The predicted octanol–water partition coefficient (Wildman–Crippen LogP) is 6.20. The van der Waals surface area contributed by atoms with Crippen LogP contribution in [0.1, 0.15) is 42.9 Å². The van der Waals surface area contributed by atoms with Crippen LogP contribution in [0, 0.1) is 0 Å². The summed E-state index contributed by atoms with van der Waals surface area (Å²) in [7, 11) is 2.21. The van der Waals surface area contributed by atoms with Gasteiger partial charge < -0.3 is 0 Å². The molecule has 0 atom stereocenters. The maximum absolute atomic E-state index is 2.40. The minimum atomic E-state index is 0.972. The van der Waals surface area contributed by atoms with Crippen molar-refractivity contribution in [1.29, 1.82) is 0 Å². The first-order chi connectivity index (χ1) is 12.3. The van der Waals surface area contributed by atoms with Crippen LogP contribution in [0.2, 0.25) is 0 Å². The second-order valence-corrected chi connectivity index (χ2v) is 7.08. The van der Waals surface area contributed by atoms with Crippen LogP contribution in [-0.2, 0) is 19.5 Å². The summed E-state index contributed by atoms with van der Waals surface area (Å²) in [6.07, 6.45) is 5.13. The molecule has 3 rings (SSSR count). The van der Waals surface area contributed by atoms with Gasteiger partial charge in [0.25, 0.3) is 0 Å². The second kappa shape index (κ2) is 8.82. The lowest BCUT2D eigenvalue weighted by atomic mass is 10.0. The highest BCUT2D eigenvalue weighted by Gasteiger charge is 2.05. The first-order valence-electron chi connectivity index (χ1n) is 9.49. The van der Waals surface area contributed by atoms with E-state index in [1.165, 1.54) is 53.1 Å². The standard InChI is InChI=1S/C24H29N/c1-3-4-5-9-20-14-16-21(17-15-20)18-25(2)19-23-12-8-11-22-10-6-7-13-24(22)23/h6-8,10-17H,3-5,9,18-19H2,1-2H3. The van der Waals surface area contributed by atoms with Gasteiger partial charge in [-0.2, -0.15) is 0 Å². The topological polar surface area (TPSA) is 3.24 Å². The molecular weight excluding hydrogens is 302 g/mol. The lowest BCUT2D eigenvalue weighted by molar-refractivity contribution is 0.320. The Balaban J connectivity index is 1.61. The van der Waals surface area contributed by atoms with Gasteiger partial charge in [0.15, 0.2) is 0 Å². The zero-order valence-corrected chi connectivity index (χ0v) is 15.5. The van der Waals surface area contributed by atoms with Crippen molar-refractivity contribution >= 4 is 10.8 Å². The molecule has 0 radical (unpaired) electrons. The summed E-state index contributed by atoms with van der Waals surface area (Å²) < 4.78 is 0. The molecule has 1 nitrogen and oxygen atoms in total. The Morgan fingerprint density at radius 2 is 1.44 bits per heavy atom. The van der Waals surface area contributed by atoms with Gasteiger partial charge in [-0.25, -0.2) is 0 Å². The van der Waals surface area contributed by atoms with Crippen molar-refractivity contribution < 1.29 is 0 Å². The second-order valence-electron chi connectivity index (χ2n) is 7.08. The van der Waals surface area contributed by atoms with Gasteiger partial charge >= 0.3 is 0 Å². The van der Waals surface area contributed by atoms with Gasteiger partial charge in [0.2, 0.25) is 0 Å². The molecule has 0 bridgehead atoms. The molecule has 0 heterocycles. The molecule has 0 fully saturated rings. The van der Waals surface area contributed by atoms with E-state index in [0.717, 1.165) is 13.1 Å². The summed E-state index contributed by atoms with van der Waals surface area (Å²) in [6.45, 7) is 4.22. The Kier molecular flexibility index (Phi) is 6.25. The minimum Gasteiger partial charge on any atom is -0.298 e. The van der Waals surface area contributed by atoms with Crippen LogP contribution >= 0.6 is 0 Å². The fourth-order valence-corrected chi connectivity index (χ4v) is 3.48. The van der Waals surface area contributed by atoms with Crippen molar-refractivity contribution in [3.63, 3.8) is 0 Å². The van der Waals surface area contributed by atoms with Crippen LogP contribution < -0.4 is 0 Å². The van der Waals surface area contributed by atoms with E-state index in [4.69, 9.17) is 0 Å². The van der Waals surface area contributed by atoms with Gasteiger partial charge in [0.05, 0.1) is 0 Å². The number of fused-ring (bicyclic) bond motifs is 1. The quantitative estimate of drug-likeness (QED) is 0.444. The molecule has 0 aliphatic heterocycles. The third-order valence-electron chi connectivity index (χ3n) is 4.86. The van der Waals surface area contributed by atoms with E-state index >= 15 is 0 Å². The molecular formula is C24H29N. The Labute approximate surface area is 152 Å². The van der Waals surface area contributed by atoms with Gasteiger partial charge in [-0.3, -0.25) is 4.90 Å². The Morgan fingerprint density at radius 3 is 2.24 bits per heavy atom. The average molecular weight is 332 g/mol. The van der Waals surface area contributed by atoms with Crippen LogP contribution in [0.15, 0.2) is 66.7 Å². The molecule has 0 saturated heterocycles. The summed E-state index contributed by atoms with van der Waals surface area (Å²) in [5.41, 5.74) is 4.26. The predicted molar refractivity (Wildman–Crippen MR) is 109 cm³/mol. The summed E-state index contributed by atoms with van der Waals surface area (Å²) >= 11 is 0. The zero-order valence-electron chi connectivity index (χ0n) is 15.5. The van der Waals surface area contributed by atoms with Crippen LogP contribution in [0.25, 0.3) is 10.8 Å². The molecule has 0 unspecified atom stereocenters. The van der Waals surface area contributed by atoms with E-state index in [-0.39, 0.29) is 0 Å². The van der Waals surface area contributed by atoms with Gasteiger partial charge in [-0.1, -0.05) is 86.5 Å². The number of aryl methyl sites for hydroxylation is 1. The van der Waals surface area contributed by atoms with E-state index in [1.54, 1.807) is 0 Å². The highest BCUT2D eigenvalue weighted by molar-refractivity contribution is 5.85. The van der Waals surface area contributed by atoms with Gasteiger partial charge in [-0.15, -0.1) is 0 Å². The Bertz CT molecular complexity index is 783. The van der Waals surface area contributed by atoms with E-state index in [2.05, 4.69) is 85.6 Å². The summed E-state index contributed by atoms with van der Waals surface area (Å²) in [5, 5.41) is 2.69. The summed E-state index contributed by atoms with van der Waals surface area (Å²) in [5.74, 6) is 0. The van der Waals surface area contributed by atoms with E-state index < -0.39 is 0 Å². The van der Waals surface area contributed by atoms with Crippen molar-refractivity contribution in [3.8, 4) is 0 Å². The monoisotopic (exact) mass is 331 g/mol. The largest absolute Gasteiger partial charge is 0.298 e. The molecule has 0 spiro atoms. The number of unbranched alkanes of at least 4 members (excludes halogenated alkanes) is 2. The number of hydrogen-bond acceptors (Lipinski definition) is 1. The molecule has 0 aliphatic rings. The Morgan fingerprint density at radius 1 is 0.720 bits per heavy atom. The molecule has 1 heteroatoms. The van der Waals surface area contributed by atoms with Crippen molar-refractivity contribution in [3.05, 3.63) is 83.4 Å². The first kappa shape index (κ1) is 17.7. The number of nitrogens with zero attached hydrogens (tertiary/aromatic N) is 1. The van der Waals surface area contributed by atoms with Crippen molar-refractivity contribution in [2.75, 3.05) is 7.05 Å². The molecule has 0 aliphatic carbocycles. The molecule has 3 aromatic rings. The Hall–Kier alpha value is -2.12. The molecule has 0 saturated carbocycles. The SMILES string of the molecule is CCCCCc1ccc(CN(C)Cc2cccc3ccccc23)cc1. The fourth-order valence-electron chi connectivity index (χ4n) is 3.48. The molecule has 3 aromatic carbocycles. The van der Waals surface area contributed by atoms with Gasteiger partial charge in [0.1, 0.15) is 0 Å². The average Bonchev–Trinajstić information content (AvgIpc) is 2.64. The van der Waals surface area contributed by atoms with Crippen LogP contribution in [0.5, 0.6) is 0 Å². The third kappa shape index (κ3) is 4.93. The van der Waals surface area contributed by atoms with Gasteiger partial charge in [0, 0.05) is 13.1 Å². The maximum Gasteiger partial charge on any atom is 0.0240 e. The van der Waals surface area contributed by atoms with Crippen molar-refractivity contribution in [2.45, 2.75) is 45.7 Å². The van der Waals surface area contributed by atoms with E-state index in [9.17, 15) is 0 Å². The lowest BCUT2D eigenvalue weighted by Crippen LogP contribution is -2.17. The number of rotatable bonds is 8. The summed E-state index contributed by atoms with van der Waals surface area (Å²) in [4.78, 5) is 2.40. The van der Waals surface area contributed by atoms with E-state index in [1.807, 2.05) is 0 Å². The first-order valence-corrected chi connectivity index (χ1v) is 9.49. The molecule has 0 amide bonds. The number of benzene rings is 3. The normalized spacial score (nSPS) is 11.3. The smallest absolute Gasteiger partial charge is 0.0240 e. The zero-order chi connectivity index (χ0) is 17.5. The van der Waals surface area contributed by atoms with Gasteiger partial charge in [-0.05, 0) is 47.4 Å². The molecule has 0 N–H and O–H groups in total. The van der Waals surface area contributed by atoms with Crippen LogP contribution in [0.3, 0.4) is 0 Å². The van der Waals surface area contributed by atoms with Crippen molar-refractivity contribution in [1.82, 2.24) is 4.90 Å². The molecule has 0 aromatic heterocycles. The van der Waals surface area contributed by atoms with Crippen molar-refractivity contribution in [2.24, 2.45) is 0 Å².